The lowest BCUT2D eigenvalue weighted by Gasteiger charge is -2.58. The molecule has 7 heteroatoms. The van der Waals surface area contributed by atoms with Gasteiger partial charge >= 0.3 is 0 Å². The fourth-order valence-electron chi connectivity index (χ4n) is 6.91. The van der Waals surface area contributed by atoms with E-state index in [-0.39, 0.29) is 17.9 Å². The summed E-state index contributed by atoms with van der Waals surface area (Å²) in [6.07, 6.45) is 10.9. The molecule has 5 aliphatic rings. The summed E-state index contributed by atoms with van der Waals surface area (Å²) in [5, 5.41) is 27.3. The maximum Gasteiger partial charge on any atom is 0.254 e. The predicted octanol–water partition coefficient (Wildman–Crippen LogP) is 2.99. The van der Waals surface area contributed by atoms with Crippen molar-refractivity contribution in [1.29, 1.82) is 0 Å². The average molecular weight is 429 g/mol. The molecule has 0 radical (unpaired) electrons. The molecule has 1 aromatic heterocycles. The van der Waals surface area contributed by atoms with Gasteiger partial charge in [-0.25, -0.2) is 9.97 Å². The molecule has 0 aromatic carbocycles. The van der Waals surface area contributed by atoms with Gasteiger partial charge in [-0.2, -0.15) is 0 Å². The summed E-state index contributed by atoms with van der Waals surface area (Å²) < 4.78 is 0. The number of aromatic nitrogens is 2. The molecular formula is C24H36N4O3. The second kappa shape index (κ2) is 7.69. The molecule has 6 rings (SSSR count). The minimum atomic E-state index is -0.865. The predicted molar refractivity (Wildman–Crippen MR) is 118 cm³/mol. The molecule has 0 saturated heterocycles. The number of anilines is 1. The molecule has 5 aliphatic carbocycles. The van der Waals surface area contributed by atoms with Crippen LogP contribution < -0.4 is 10.6 Å². The van der Waals surface area contributed by atoms with E-state index in [1.165, 1.54) is 0 Å². The van der Waals surface area contributed by atoms with Crippen LogP contribution >= 0.6 is 0 Å². The van der Waals surface area contributed by atoms with E-state index in [2.05, 4.69) is 15.6 Å². The standard InChI is InChI=1S/C24H36N4O3/c1-23(2,30)13-26-22-25-12-18(20(28-22)15-5-3-4-6-15)21(29)27-19-16-7-14-8-17(19)11-24(31,9-14)10-16/h12,14-17,19,30-31H,3-11,13H2,1-2H3,(H,27,29)(H,25,26,28)/t14?,16?,17?,19-,24+. The lowest BCUT2D eigenvalue weighted by Crippen LogP contribution is -2.61. The summed E-state index contributed by atoms with van der Waals surface area (Å²) in [6.45, 7) is 3.82. The molecule has 4 bridgehead atoms. The SMILES string of the molecule is CC(C)(O)CNc1ncc(C(=O)N[C@H]2C3CC4CC2C[C@@](O)(C4)C3)c(C2CCCC2)n1. The van der Waals surface area contributed by atoms with Gasteiger partial charge in [-0.3, -0.25) is 4.79 Å². The highest BCUT2D eigenvalue weighted by atomic mass is 16.3. The zero-order chi connectivity index (χ0) is 21.8. The molecule has 31 heavy (non-hydrogen) atoms. The van der Waals surface area contributed by atoms with Crippen molar-refractivity contribution in [2.45, 2.75) is 94.8 Å². The summed E-state index contributed by atoms with van der Waals surface area (Å²) in [5.74, 6) is 2.06. The smallest absolute Gasteiger partial charge is 0.254 e. The number of hydrogen-bond acceptors (Lipinski definition) is 6. The van der Waals surface area contributed by atoms with E-state index >= 15 is 0 Å². The van der Waals surface area contributed by atoms with Crippen molar-refractivity contribution in [3.63, 3.8) is 0 Å². The number of nitrogens with one attached hydrogen (secondary N) is 2. The molecule has 7 nitrogen and oxygen atoms in total. The van der Waals surface area contributed by atoms with Crippen LogP contribution in [0.5, 0.6) is 0 Å². The molecule has 1 heterocycles. The zero-order valence-electron chi connectivity index (χ0n) is 18.7. The van der Waals surface area contributed by atoms with Gasteiger partial charge in [0.25, 0.3) is 5.91 Å². The highest BCUT2D eigenvalue weighted by Gasteiger charge is 2.55. The van der Waals surface area contributed by atoms with Crippen LogP contribution in [0.3, 0.4) is 0 Å². The molecule has 4 N–H and O–H groups in total. The van der Waals surface area contributed by atoms with Crippen LogP contribution in [0.25, 0.3) is 0 Å². The van der Waals surface area contributed by atoms with Crippen molar-refractivity contribution in [1.82, 2.24) is 15.3 Å². The van der Waals surface area contributed by atoms with Gasteiger partial charge in [-0.1, -0.05) is 12.8 Å². The van der Waals surface area contributed by atoms with E-state index in [0.29, 0.717) is 35.8 Å². The highest BCUT2D eigenvalue weighted by Crippen LogP contribution is 2.55. The van der Waals surface area contributed by atoms with Gasteiger partial charge in [0, 0.05) is 24.7 Å². The first-order valence-electron chi connectivity index (χ1n) is 12.1. The minimum Gasteiger partial charge on any atom is -0.390 e. The summed E-state index contributed by atoms with van der Waals surface area (Å²) >= 11 is 0. The lowest BCUT2D eigenvalue weighted by atomic mass is 9.52. The van der Waals surface area contributed by atoms with Gasteiger partial charge < -0.3 is 20.8 Å². The number of carbonyl (C=O) groups is 1. The number of amides is 1. The zero-order valence-corrected chi connectivity index (χ0v) is 18.7. The highest BCUT2D eigenvalue weighted by molar-refractivity contribution is 5.95. The maximum atomic E-state index is 13.4. The summed E-state index contributed by atoms with van der Waals surface area (Å²) in [4.78, 5) is 22.5. The maximum absolute atomic E-state index is 13.4. The Labute approximate surface area is 184 Å². The molecule has 1 aromatic rings. The second-order valence-corrected chi connectivity index (χ2v) is 11.3. The van der Waals surface area contributed by atoms with Gasteiger partial charge in [-0.05, 0) is 76.5 Å². The number of nitrogens with zero attached hydrogens (tertiary/aromatic N) is 2. The van der Waals surface area contributed by atoms with Crippen LogP contribution in [-0.4, -0.2) is 49.9 Å². The van der Waals surface area contributed by atoms with Crippen molar-refractivity contribution < 1.29 is 15.0 Å². The number of carbonyl (C=O) groups excluding carboxylic acids is 1. The van der Waals surface area contributed by atoms with Gasteiger partial charge in [0.05, 0.1) is 22.5 Å². The van der Waals surface area contributed by atoms with E-state index < -0.39 is 11.2 Å². The van der Waals surface area contributed by atoms with Crippen molar-refractivity contribution >= 4 is 11.9 Å². The Balaban J connectivity index is 1.35. The van der Waals surface area contributed by atoms with Crippen LogP contribution in [0.4, 0.5) is 5.95 Å². The molecular weight excluding hydrogens is 392 g/mol. The number of aliphatic hydroxyl groups is 2. The molecule has 2 atom stereocenters. The lowest BCUT2D eigenvalue weighted by molar-refractivity contribution is -0.136. The Kier molecular flexibility index (Phi) is 5.25. The first-order valence-corrected chi connectivity index (χ1v) is 12.1. The van der Waals surface area contributed by atoms with Crippen molar-refractivity contribution in [2.75, 3.05) is 11.9 Å². The van der Waals surface area contributed by atoms with Crippen molar-refractivity contribution in [3.8, 4) is 0 Å². The summed E-state index contributed by atoms with van der Waals surface area (Å²) in [6, 6.07) is 0.147. The third-order valence-electron chi connectivity index (χ3n) is 8.02. The van der Waals surface area contributed by atoms with E-state index in [0.717, 1.165) is 63.5 Å². The van der Waals surface area contributed by atoms with E-state index in [1.54, 1.807) is 20.0 Å². The van der Waals surface area contributed by atoms with Crippen LogP contribution in [0.2, 0.25) is 0 Å². The van der Waals surface area contributed by atoms with E-state index in [1.807, 2.05) is 0 Å². The topological polar surface area (TPSA) is 107 Å². The molecule has 0 spiro atoms. The fourth-order valence-corrected chi connectivity index (χ4v) is 6.91. The fraction of sp³-hybridized carbons (Fsp3) is 0.792. The van der Waals surface area contributed by atoms with Crippen LogP contribution in [0.15, 0.2) is 6.20 Å². The van der Waals surface area contributed by atoms with Gasteiger partial charge in [0.15, 0.2) is 0 Å². The van der Waals surface area contributed by atoms with Crippen molar-refractivity contribution in [3.05, 3.63) is 17.5 Å². The van der Waals surface area contributed by atoms with E-state index in [9.17, 15) is 15.0 Å². The van der Waals surface area contributed by atoms with Crippen LogP contribution in [0.1, 0.15) is 93.6 Å². The summed E-state index contributed by atoms with van der Waals surface area (Å²) in [5.41, 5.74) is 0.0686. The van der Waals surface area contributed by atoms with Gasteiger partial charge in [0.2, 0.25) is 5.95 Å². The van der Waals surface area contributed by atoms with Gasteiger partial charge in [-0.15, -0.1) is 0 Å². The monoisotopic (exact) mass is 428 g/mol. The Morgan fingerprint density at radius 1 is 1.19 bits per heavy atom. The molecule has 0 aliphatic heterocycles. The number of rotatable bonds is 6. The quantitative estimate of drug-likeness (QED) is 0.555. The molecule has 170 valence electrons. The Hall–Kier alpha value is -1.73. The Morgan fingerprint density at radius 3 is 2.48 bits per heavy atom. The minimum absolute atomic E-state index is 0.0691. The third kappa shape index (κ3) is 4.31. The summed E-state index contributed by atoms with van der Waals surface area (Å²) in [7, 11) is 0. The molecule has 1 amide bonds. The average Bonchev–Trinajstić information content (AvgIpc) is 3.22. The normalized spacial score (nSPS) is 34.8. The third-order valence-corrected chi connectivity index (χ3v) is 8.02. The first-order chi connectivity index (χ1) is 14.7. The van der Waals surface area contributed by atoms with E-state index in [4.69, 9.17) is 4.98 Å². The largest absolute Gasteiger partial charge is 0.390 e. The molecule has 5 fully saturated rings. The molecule has 2 unspecified atom stereocenters. The van der Waals surface area contributed by atoms with Crippen LogP contribution in [-0.2, 0) is 0 Å². The second-order valence-electron chi connectivity index (χ2n) is 11.3. The Bertz CT molecular complexity index is 830. The van der Waals surface area contributed by atoms with Crippen molar-refractivity contribution in [2.24, 2.45) is 17.8 Å². The van der Waals surface area contributed by atoms with Crippen LogP contribution in [0, 0.1) is 17.8 Å². The Morgan fingerprint density at radius 2 is 1.87 bits per heavy atom. The number of hydrogen-bond donors (Lipinski definition) is 4. The van der Waals surface area contributed by atoms with Gasteiger partial charge in [0.1, 0.15) is 0 Å². The first kappa shape index (κ1) is 21.1. The molecule has 5 saturated carbocycles.